The first-order valence-electron chi connectivity index (χ1n) is 9.02. The lowest BCUT2D eigenvalue weighted by Crippen LogP contribution is -2.14. The van der Waals surface area contributed by atoms with E-state index in [2.05, 4.69) is 41.5 Å². The lowest BCUT2D eigenvalue weighted by atomic mass is 9.93. The van der Waals surface area contributed by atoms with Crippen LogP contribution in [-0.2, 0) is 0 Å². The lowest BCUT2D eigenvalue weighted by molar-refractivity contribution is 0.477. The van der Waals surface area contributed by atoms with Crippen LogP contribution in [0.25, 0.3) is 32.1 Å². The number of rotatable bonds is 4. The van der Waals surface area contributed by atoms with E-state index in [-0.39, 0.29) is 11.3 Å². The number of nitrogens with one attached hydrogen (secondary N) is 2. The first-order valence-corrected chi connectivity index (χ1v) is 9.90. The van der Waals surface area contributed by atoms with Crippen molar-refractivity contribution in [2.45, 2.75) is 19.8 Å². The number of aromatic hydroxyl groups is 1. The Labute approximate surface area is 161 Å². The summed E-state index contributed by atoms with van der Waals surface area (Å²) in [5, 5.41) is 17.7. The summed E-state index contributed by atoms with van der Waals surface area (Å²) in [6.07, 6.45) is 0. The van der Waals surface area contributed by atoms with Gasteiger partial charge in [0.1, 0.15) is 10.4 Å². The third-order valence-corrected chi connectivity index (χ3v) is 6.07. The summed E-state index contributed by atoms with van der Waals surface area (Å²) in [7, 11) is 1.95. The number of thiophene rings is 1. The molecule has 2 aromatic carbocycles. The fourth-order valence-corrected chi connectivity index (χ4v) is 4.57. The Kier molecular flexibility index (Phi) is 4.50. The Balaban J connectivity index is 1.99. The first-order chi connectivity index (χ1) is 13.0. The highest BCUT2D eigenvalue weighted by Gasteiger charge is 2.17. The lowest BCUT2D eigenvalue weighted by Gasteiger charge is -2.15. The average molecular weight is 378 g/mol. The van der Waals surface area contributed by atoms with Gasteiger partial charge in [0.25, 0.3) is 5.56 Å². The van der Waals surface area contributed by atoms with Crippen molar-refractivity contribution in [1.29, 1.82) is 0 Å². The molecule has 2 heterocycles. The summed E-state index contributed by atoms with van der Waals surface area (Å²) in [6.45, 7) is 5.00. The molecule has 3 N–H and O–H groups in total. The number of aromatic amines is 1. The van der Waals surface area contributed by atoms with Gasteiger partial charge in [0.05, 0.1) is 5.52 Å². The number of benzene rings is 2. The third kappa shape index (κ3) is 2.93. The molecule has 0 bridgehead atoms. The van der Waals surface area contributed by atoms with Gasteiger partial charge in [-0.25, -0.2) is 0 Å². The van der Waals surface area contributed by atoms with E-state index < -0.39 is 0 Å². The second-order valence-corrected chi connectivity index (χ2v) is 7.95. The van der Waals surface area contributed by atoms with Gasteiger partial charge in [0.2, 0.25) is 0 Å². The van der Waals surface area contributed by atoms with E-state index >= 15 is 0 Å². The topological polar surface area (TPSA) is 65.1 Å². The minimum Gasteiger partial charge on any atom is -0.507 e. The number of aromatic nitrogens is 1. The molecule has 0 aliphatic rings. The van der Waals surface area contributed by atoms with Crippen LogP contribution in [-0.4, -0.2) is 23.7 Å². The molecule has 0 aliphatic carbocycles. The highest BCUT2D eigenvalue weighted by Crippen LogP contribution is 2.41. The summed E-state index contributed by atoms with van der Waals surface area (Å²) in [5.41, 5.74) is 4.52. The van der Waals surface area contributed by atoms with Crippen molar-refractivity contribution in [3.8, 4) is 16.9 Å². The van der Waals surface area contributed by atoms with E-state index in [1.54, 1.807) is 6.07 Å². The van der Waals surface area contributed by atoms with Gasteiger partial charge in [-0.2, -0.15) is 0 Å². The molecule has 138 valence electrons. The van der Waals surface area contributed by atoms with Crippen LogP contribution < -0.4 is 10.9 Å². The Morgan fingerprint density at radius 2 is 1.96 bits per heavy atom. The molecule has 4 nitrogen and oxygen atoms in total. The van der Waals surface area contributed by atoms with Crippen molar-refractivity contribution in [1.82, 2.24) is 10.3 Å². The largest absolute Gasteiger partial charge is 0.507 e. The molecule has 2 aromatic heterocycles. The van der Waals surface area contributed by atoms with Crippen molar-refractivity contribution in [2.24, 2.45) is 0 Å². The van der Waals surface area contributed by atoms with Crippen LogP contribution in [0.5, 0.6) is 5.75 Å². The normalized spacial score (nSPS) is 12.7. The fraction of sp³-hybridized carbons (Fsp3) is 0.227. The number of pyridine rings is 1. The molecule has 0 fully saturated rings. The smallest absolute Gasteiger partial charge is 0.266 e. The van der Waals surface area contributed by atoms with Gasteiger partial charge in [-0.05, 0) is 54.1 Å². The summed E-state index contributed by atoms with van der Waals surface area (Å²) < 4.78 is 0.688. The van der Waals surface area contributed by atoms with Gasteiger partial charge in [-0.1, -0.05) is 31.2 Å². The van der Waals surface area contributed by atoms with Crippen LogP contribution >= 0.6 is 11.3 Å². The van der Waals surface area contributed by atoms with Crippen LogP contribution in [0.15, 0.2) is 46.6 Å². The van der Waals surface area contributed by atoms with Gasteiger partial charge in [0, 0.05) is 22.9 Å². The number of aryl methyl sites for hydroxylation is 1. The first kappa shape index (κ1) is 17.8. The Bertz CT molecular complexity index is 1190. The number of hydrogen-bond donors (Lipinski definition) is 3. The van der Waals surface area contributed by atoms with E-state index in [9.17, 15) is 9.90 Å². The van der Waals surface area contributed by atoms with Gasteiger partial charge in [-0.3, -0.25) is 4.79 Å². The second-order valence-electron chi connectivity index (χ2n) is 7.04. The summed E-state index contributed by atoms with van der Waals surface area (Å²) in [6, 6.07) is 12.0. The molecule has 1 atom stereocenters. The van der Waals surface area contributed by atoms with Gasteiger partial charge >= 0.3 is 0 Å². The molecule has 0 amide bonds. The predicted molar refractivity (Wildman–Crippen MR) is 114 cm³/mol. The molecule has 27 heavy (non-hydrogen) atoms. The summed E-state index contributed by atoms with van der Waals surface area (Å²) >= 11 is 1.42. The molecule has 4 rings (SSSR count). The quantitative estimate of drug-likeness (QED) is 0.480. The molecule has 0 radical (unpaired) electrons. The number of likely N-dealkylation sites (N-methyl/N-ethyl adjacent to an activating group) is 1. The number of hydrogen-bond acceptors (Lipinski definition) is 4. The fourth-order valence-electron chi connectivity index (χ4n) is 3.78. The van der Waals surface area contributed by atoms with E-state index in [1.807, 2.05) is 25.4 Å². The highest BCUT2D eigenvalue weighted by molar-refractivity contribution is 7.17. The maximum Gasteiger partial charge on any atom is 0.266 e. The average Bonchev–Trinajstić information content (AvgIpc) is 3.14. The molecule has 0 unspecified atom stereocenters. The van der Waals surface area contributed by atoms with Gasteiger partial charge in [-0.15, -0.1) is 11.3 Å². The molecule has 0 saturated carbocycles. The van der Waals surface area contributed by atoms with Gasteiger partial charge < -0.3 is 15.4 Å². The maximum atomic E-state index is 12.4. The minimum absolute atomic E-state index is 0.0801. The number of fused-ring (bicyclic) bond motifs is 3. The van der Waals surface area contributed by atoms with Gasteiger partial charge in [0.15, 0.2) is 0 Å². The Morgan fingerprint density at radius 3 is 2.67 bits per heavy atom. The van der Waals surface area contributed by atoms with Crippen LogP contribution in [0.3, 0.4) is 0 Å². The maximum absolute atomic E-state index is 12.4. The van der Waals surface area contributed by atoms with Crippen molar-refractivity contribution in [2.75, 3.05) is 13.6 Å². The summed E-state index contributed by atoms with van der Waals surface area (Å²) in [5.74, 6) is 0.642. The molecule has 5 heteroatoms. The number of H-pyrrole nitrogens is 1. The molecular formula is C22H22N2O2S. The van der Waals surface area contributed by atoms with E-state index in [4.69, 9.17) is 0 Å². The zero-order valence-electron chi connectivity index (χ0n) is 15.6. The zero-order valence-corrected chi connectivity index (χ0v) is 16.4. The van der Waals surface area contributed by atoms with E-state index in [0.717, 1.165) is 39.5 Å². The van der Waals surface area contributed by atoms with Crippen LogP contribution in [0, 0.1) is 6.92 Å². The Hall–Kier alpha value is -2.63. The molecule has 0 spiro atoms. The molecule has 0 aliphatic heterocycles. The third-order valence-electron chi connectivity index (χ3n) is 5.16. The van der Waals surface area contributed by atoms with E-state index in [0.29, 0.717) is 10.6 Å². The zero-order chi connectivity index (χ0) is 19.1. The van der Waals surface area contributed by atoms with Crippen LogP contribution in [0.4, 0.5) is 0 Å². The number of phenolic OH excluding ortho intramolecular Hbond substituents is 1. The monoisotopic (exact) mass is 378 g/mol. The van der Waals surface area contributed by atoms with Crippen LogP contribution in [0.1, 0.15) is 24.0 Å². The number of phenols is 1. The SMILES string of the molecule is CNC[C@@H](C)c1ccc(-c2c(O)cc(C)c3[nH]c(=O)c4sccc4c23)cc1. The molecule has 0 saturated heterocycles. The highest BCUT2D eigenvalue weighted by atomic mass is 32.1. The second kappa shape index (κ2) is 6.83. The standard InChI is InChI=1S/C22H22N2O2S/c1-12-10-17(25)18(15-6-4-14(5-7-15)13(2)11-23-3)19-16-8-9-27-21(16)22(26)24-20(12)19/h4-10,13,23,25H,11H2,1-3H3,(H,24,26)/t13-/m1/s1. The van der Waals surface area contributed by atoms with Crippen molar-refractivity contribution in [3.63, 3.8) is 0 Å². The van der Waals surface area contributed by atoms with E-state index in [1.165, 1.54) is 16.9 Å². The molecule has 4 aromatic rings. The summed E-state index contributed by atoms with van der Waals surface area (Å²) in [4.78, 5) is 15.4. The predicted octanol–water partition coefficient (Wildman–Crippen LogP) is 4.75. The van der Waals surface area contributed by atoms with Crippen LogP contribution in [0.2, 0.25) is 0 Å². The minimum atomic E-state index is -0.0801. The van der Waals surface area contributed by atoms with Crippen molar-refractivity contribution < 1.29 is 5.11 Å². The van der Waals surface area contributed by atoms with Crippen molar-refractivity contribution in [3.05, 3.63) is 63.3 Å². The van der Waals surface area contributed by atoms with Crippen molar-refractivity contribution >= 4 is 32.3 Å². The molecular weight excluding hydrogens is 356 g/mol. The Morgan fingerprint density at radius 1 is 1.22 bits per heavy atom.